The summed E-state index contributed by atoms with van der Waals surface area (Å²) in [4.78, 5) is 21.2. The van der Waals surface area contributed by atoms with E-state index in [4.69, 9.17) is 23.9 Å². The molecule has 8 nitrogen and oxygen atoms in total. The molecule has 0 N–H and O–H groups in total. The van der Waals surface area contributed by atoms with Gasteiger partial charge in [-0.05, 0) is 55.7 Å². The topological polar surface area (TPSA) is 73.4 Å². The van der Waals surface area contributed by atoms with Gasteiger partial charge in [-0.3, -0.25) is 9.69 Å². The average Bonchev–Trinajstić information content (AvgIpc) is 3.14. The number of aryl methyl sites for hydroxylation is 1. The Morgan fingerprint density at radius 3 is 2.35 bits per heavy atom. The van der Waals surface area contributed by atoms with Gasteiger partial charge in [-0.15, -0.1) is 0 Å². The fourth-order valence-corrected chi connectivity index (χ4v) is 5.62. The van der Waals surface area contributed by atoms with Gasteiger partial charge < -0.3 is 23.8 Å². The van der Waals surface area contributed by atoms with E-state index < -0.39 is 0 Å². The molecule has 1 fully saturated rings. The van der Waals surface area contributed by atoms with Crippen LogP contribution in [0.2, 0.25) is 0 Å². The number of aromatic nitrogens is 1. The van der Waals surface area contributed by atoms with Crippen molar-refractivity contribution in [3.63, 3.8) is 0 Å². The zero-order valence-corrected chi connectivity index (χ0v) is 22.3. The van der Waals surface area contributed by atoms with E-state index in [1.807, 2.05) is 23.1 Å². The molecule has 0 bridgehead atoms. The van der Waals surface area contributed by atoms with Crippen molar-refractivity contribution >= 4 is 16.8 Å². The highest BCUT2D eigenvalue weighted by Gasteiger charge is 2.29. The summed E-state index contributed by atoms with van der Waals surface area (Å²) >= 11 is 0. The number of pyridine rings is 1. The Morgan fingerprint density at radius 2 is 1.68 bits per heavy atom. The largest absolute Gasteiger partial charge is 0.496 e. The lowest BCUT2D eigenvalue weighted by molar-refractivity contribution is -0.130. The molecule has 0 radical (unpaired) electrons. The predicted molar refractivity (Wildman–Crippen MR) is 143 cm³/mol. The summed E-state index contributed by atoms with van der Waals surface area (Å²) in [5.74, 6) is 3.13. The Bertz CT molecular complexity index is 1320. The monoisotopic (exact) mass is 505 g/mol. The van der Waals surface area contributed by atoms with Crippen LogP contribution < -0.4 is 18.9 Å². The maximum Gasteiger partial charge on any atom is 0.219 e. The number of nitrogens with zero attached hydrogens (tertiary/aromatic N) is 3. The predicted octanol–water partition coefficient (Wildman–Crippen LogP) is 4.44. The van der Waals surface area contributed by atoms with E-state index in [-0.39, 0.29) is 5.91 Å². The zero-order valence-electron chi connectivity index (χ0n) is 22.3. The van der Waals surface area contributed by atoms with Crippen LogP contribution in [0.3, 0.4) is 0 Å². The molecule has 3 heterocycles. The first-order chi connectivity index (χ1) is 17.9. The molecule has 0 spiro atoms. The Kier molecular flexibility index (Phi) is 7.11. The summed E-state index contributed by atoms with van der Waals surface area (Å²) in [7, 11) is 5.00. The number of hydrogen-bond donors (Lipinski definition) is 0. The summed E-state index contributed by atoms with van der Waals surface area (Å²) in [6, 6.07) is 10.5. The third-order valence-corrected chi connectivity index (χ3v) is 7.59. The van der Waals surface area contributed by atoms with Crippen LogP contribution in [0.4, 0.5) is 0 Å². The Labute approximate surface area is 218 Å². The van der Waals surface area contributed by atoms with Crippen LogP contribution in [0.25, 0.3) is 22.2 Å². The molecule has 3 aromatic rings. The second-order valence-corrected chi connectivity index (χ2v) is 9.74. The van der Waals surface area contributed by atoms with Crippen molar-refractivity contribution < 1.29 is 23.7 Å². The van der Waals surface area contributed by atoms with Gasteiger partial charge in [-0.1, -0.05) is 0 Å². The molecule has 1 saturated heterocycles. The number of hydrogen-bond acceptors (Lipinski definition) is 7. The van der Waals surface area contributed by atoms with Crippen molar-refractivity contribution in [2.75, 3.05) is 47.6 Å². The Hall–Kier alpha value is -3.52. The zero-order chi connectivity index (χ0) is 26.1. The van der Waals surface area contributed by atoms with E-state index in [9.17, 15) is 4.79 Å². The van der Waals surface area contributed by atoms with Gasteiger partial charge in [-0.2, -0.15) is 0 Å². The van der Waals surface area contributed by atoms with Gasteiger partial charge in [0.15, 0.2) is 11.5 Å². The van der Waals surface area contributed by atoms with Crippen LogP contribution in [0.5, 0.6) is 23.0 Å². The molecule has 196 valence electrons. The summed E-state index contributed by atoms with van der Waals surface area (Å²) < 4.78 is 23.2. The first kappa shape index (κ1) is 25.1. The Morgan fingerprint density at radius 1 is 0.973 bits per heavy atom. The van der Waals surface area contributed by atoms with E-state index >= 15 is 0 Å². The number of rotatable bonds is 5. The number of carbonyl (C=O) groups is 1. The first-order valence-corrected chi connectivity index (χ1v) is 12.8. The molecule has 5 rings (SSSR count). The molecule has 2 aliphatic heterocycles. The van der Waals surface area contributed by atoms with Crippen molar-refractivity contribution in [2.24, 2.45) is 0 Å². The third-order valence-electron chi connectivity index (χ3n) is 7.59. The first-order valence-electron chi connectivity index (χ1n) is 12.8. The average molecular weight is 506 g/mol. The van der Waals surface area contributed by atoms with Crippen molar-refractivity contribution in [2.45, 2.75) is 39.3 Å². The van der Waals surface area contributed by atoms with Crippen LogP contribution in [-0.4, -0.2) is 74.3 Å². The van der Waals surface area contributed by atoms with E-state index in [1.54, 1.807) is 28.3 Å². The molecular formula is C29H35N3O5. The SMILES string of the molecule is COc1cc(-c2cc(C)c3c(OC)ccc(OC)c3n2)cc2c1OCCN(C1CCN(C(C)=O)CC1)C2. The lowest BCUT2D eigenvalue weighted by Crippen LogP contribution is -2.46. The number of methoxy groups -OCH3 is 3. The highest BCUT2D eigenvalue weighted by Crippen LogP contribution is 2.41. The Balaban J connectivity index is 1.53. The highest BCUT2D eigenvalue weighted by molar-refractivity contribution is 5.94. The second kappa shape index (κ2) is 10.5. The van der Waals surface area contributed by atoms with Crippen molar-refractivity contribution in [1.29, 1.82) is 0 Å². The maximum absolute atomic E-state index is 11.8. The van der Waals surface area contributed by atoms with Crippen molar-refractivity contribution in [3.8, 4) is 34.3 Å². The van der Waals surface area contributed by atoms with Gasteiger partial charge in [0.25, 0.3) is 0 Å². The fraction of sp³-hybridized carbons (Fsp3) is 0.448. The number of ether oxygens (including phenoxy) is 4. The normalized spacial score (nSPS) is 16.6. The molecule has 1 amide bonds. The standard InChI is InChI=1S/C29H35N3O5/c1-18-14-23(30-28-25(35-4)7-6-24(34-3)27(18)28)20-15-21-17-32(12-13-37-29(21)26(16-20)36-5)22-8-10-31(11-9-22)19(2)33/h6-7,14-16,22H,8-13,17H2,1-5H3. The number of benzene rings is 2. The van der Waals surface area contributed by atoms with Crippen LogP contribution >= 0.6 is 0 Å². The van der Waals surface area contributed by atoms with E-state index in [2.05, 4.69) is 24.0 Å². The van der Waals surface area contributed by atoms with Gasteiger partial charge in [0, 0.05) is 55.7 Å². The highest BCUT2D eigenvalue weighted by atomic mass is 16.5. The molecule has 0 unspecified atom stereocenters. The van der Waals surface area contributed by atoms with Crippen LogP contribution in [0, 0.1) is 6.92 Å². The van der Waals surface area contributed by atoms with Gasteiger partial charge in [-0.25, -0.2) is 4.98 Å². The smallest absolute Gasteiger partial charge is 0.219 e. The second-order valence-electron chi connectivity index (χ2n) is 9.74. The van der Waals surface area contributed by atoms with Crippen LogP contribution in [-0.2, 0) is 11.3 Å². The number of fused-ring (bicyclic) bond motifs is 2. The van der Waals surface area contributed by atoms with E-state index in [0.29, 0.717) is 24.1 Å². The van der Waals surface area contributed by atoms with E-state index in [1.165, 1.54) is 0 Å². The van der Waals surface area contributed by atoms with Crippen molar-refractivity contribution in [3.05, 3.63) is 41.5 Å². The van der Waals surface area contributed by atoms with Gasteiger partial charge in [0.05, 0.1) is 27.0 Å². The molecular weight excluding hydrogens is 470 g/mol. The van der Waals surface area contributed by atoms with Gasteiger partial charge >= 0.3 is 0 Å². The molecule has 2 aliphatic rings. The van der Waals surface area contributed by atoms with Gasteiger partial charge in [0.1, 0.15) is 23.6 Å². The molecule has 8 heteroatoms. The molecule has 2 aromatic carbocycles. The maximum atomic E-state index is 11.8. The van der Waals surface area contributed by atoms with Gasteiger partial charge in [0.2, 0.25) is 5.91 Å². The lowest BCUT2D eigenvalue weighted by atomic mass is 9.99. The quantitative estimate of drug-likeness (QED) is 0.508. The van der Waals surface area contributed by atoms with Crippen LogP contribution in [0.1, 0.15) is 30.9 Å². The number of amides is 1. The summed E-state index contributed by atoms with van der Waals surface area (Å²) in [6.45, 7) is 7.52. The van der Waals surface area contributed by atoms with Crippen LogP contribution in [0.15, 0.2) is 30.3 Å². The number of piperidine rings is 1. The molecule has 0 saturated carbocycles. The minimum absolute atomic E-state index is 0.157. The number of carbonyl (C=O) groups excluding carboxylic acids is 1. The van der Waals surface area contributed by atoms with E-state index in [0.717, 1.165) is 83.8 Å². The van der Waals surface area contributed by atoms with Crippen molar-refractivity contribution in [1.82, 2.24) is 14.8 Å². The summed E-state index contributed by atoms with van der Waals surface area (Å²) in [6.07, 6.45) is 1.94. The molecule has 0 aliphatic carbocycles. The molecule has 37 heavy (non-hydrogen) atoms. The molecule has 1 aromatic heterocycles. The lowest BCUT2D eigenvalue weighted by Gasteiger charge is -2.37. The minimum Gasteiger partial charge on any atom is -0.496 e. The fourth-order valence-electron chi connectivity index (χ4n) is 5.62. The summed E-state index contributed by atoms with van der Waals surface area (Å²) in [5, 5.41) is 0.943. The molecule has 0 atom stereocenters. The minimum atomic E-state index is 0.157. The third kappa shape index (κ3) is 4.78. The number of likely N-dealkylation sites (tertiary alicyclic amines) is 1. The summed E-state index contributed by atoms with van der Waals surface area (Å²) in [5.41, 5.74) is 4.70.